The van der Waals surface area contributed by atoms with E-state index in [0.717, 1.165) is 11.6 Å². The Morgan fingerprint density at radius 2 is 1.85 bits per heavy atom. The number of hydrogen-bond acceptors (Lipinski definition) is 6. The predicted molar refractivity (Wildman–Crippen MR) is 125 cm³/mol. The van der Waals surface area contributed by atoms with E-state index < -0.39 is 22.8 Å². The molecule has 0 aliphatic rings. The monoisotopic (exact) mass is 446 g/mol. The lowest BCUT2D eigenvalue weighted by atomic mass is 10.1. The van der Waals surface area contributed by atoms with Gasteiger partial charge in [0, 0.05) is 23.0 Å². The minimum Gasteiger partial charge on any atom is -0.497 e. The fourth-order valence-electron chi connectivity index (χ4n) is 3.30. The number of nitrogens with zero attached hydrogens (tertiary/aromatic N) is 2. The first kappa shape index (κ1) is 21.6. The van der Waals surface area contributed by atoms with Gasteiger partial charge >= 0.3 is 5.97 Å². The van der Waals surface area contributed by atoms with Gasteiger partial charge in [0.25, 0.3) is 0 Å². The number of rotatable bonds is 6. The number of carbonyl (C=O) groups is 1. The third-order valence-corrected chi connectivity index (χ3v) is 5.01. The molecule has 33 heavy (non-hydrogen) atoms. The molecule has 0 saturated heterocycles. The summed E-state index contributed by atoms with van der Waals surface area (Å²) in [5.74, 6) is -1.46. The zero-order chi connectivity index (χ0) is 23.5. The molecule has 0 radical (unpaired) electrons. The average molecular weight is 446 g/mol. The number of benzene rings is 3. The number of ether oxygens (including phenoxy) is 1. The first-order chi connectivity index (χ1) is 15.9. The number of carboxylic acid groups (broad SMARTS) is 1. The summed E-state index contributed by atoms with van der Waals surface area (Å²) < 4.78 is 21.4. The molecule has 1 aromatic heterocycles. The summed E-state index contributed by atoms with van der Waals surface area (Å²) >= 11 is 0. The molecule has 0 aliphatic carbocycles. The lowest BCUT2D eigenvalue weighted by Crippen LogP contribution is -2.18. The van der Waals surface area contributed by atoms with Crippen LogP contribution in [0, 0.1) is 5.82 Å². The maximum absolute atomic E-state index is 14.8. The maximum Gasteiger partial charge on any atom is 0.341 e. The molecule has 3 aromatic carbocycles. The summed E-state index contributed by atoms with van der Waals surface area (Å²) in [5, 5.41) is 13.4. The zero-order valence-electron chi connectivity index (χ0n) is 17.4. The average Bonchev–Trinajstić information content (AvgIpc) is 2.81. The topological polar surface area (TPSA) is 119 Å². The molecule has 0 unspecified atom stereocenters. The summed E-state index contributed by atoms with van der Waals surface area (Å²) in [7, 11) is 1.57. The van der Waals surface area contributed by atoms with Crippen molar-refractivity contribution >= 4 is 34.5 Å². The third-order valence-electron chi connectivity index (χ3n) is 5.01. The van der Waals surface area contributed by atoms with Crippen LogP contribution in [0.2, 0.25) is 0 Å². The van der Waals surface area contributed by atoms with Gasteiger partial charge in [-0.2, -0.15) is 5.10 Å². The van der Waals surface area contributed by atoms with Crippen molar-refractivity contribution in [3.8, 4) is 11.4 Å². The van der Waals surface area contributed by atoms with Gasteiger partial charge in [0.1, 0.15) is 17.1 Å². The van der Waals surface area contributed by atoms with E-state index in [1.807, 2.05) is 0 Å². The summed E-state index contributed by atoms with van der Waals surface area (Å²) in [6.07, 6.45) is 2.71. The Bertz CT molecular complexity index is 1430. The number of nitrogens with one attached hydrogen (secondary N) is 1. The van der Waals surface area contributed by atoms with Crippen LogP contribution in [0.5, 0.6) is 5.75 Å². The van der Waals surface area contributed by atoms with Crippen molar-refractivity contribution in [3.05, 3.63) is 94.0 Å². The lowest BCUT2D eigenvalue weighted by molar-refractivity contribution is 0.0695. The number of methoxy groups -OCH3 is 1. The van der Waals surface area contributed by atoms with Gasteiger partial charge < -0.3 is 20.1 Å². The van der Waals surface area contributed by atoms with Gasteiger partial charge in [-0.3, -0.25) is 10.2 Å². The Labute approximate surface area is 187 Å². The Balaban J connectivity index is 1.79. The molecule has 166 valence electrons. The number of carboxylic acids is 1. The van der Waals surface area contributed by atoms with E-state index in [9.17, 15) is 19.1 Å². The number of pyridine rings is 1. The van der Waals surface area contributed by atoms with E-state index in [4.69, 9.17) is 10.5 Å². The number of nitrogen functional groups attached to an aromatic ring is 1. The van der Waals surface area contributed by atoms with Crippen molar-refractivity contribution in [3.63, 3.8) is 0 Å². The molecular formula is C24H19FN4O4. The summed E-state index contributed by atoms with van der Waals surface area (Å²) in [6, 6.07) is 16.1. The molecule has 0 saturated carbocycles. The van der Waals surface area contributed by atoms with Gasteiger partial charge in [-0.25, -0.2) is 9.18 Å². The zero-order valence-corrected chi connectivity index (χ0v) is 17.4. The van der Waals surface area contributed by atoms with Gasteiger partial charge in [-0.1, -0.05) is 0 Å². The third kappa shape index (κ3) is 4.38. The number of aromatic carboxylic acids is 1. The summed E-state index contributed by atoms with van der Waals surface area (Å²) in [4.78, 5) is 24.3. The molecule has 0 amide bonds. The summed E-state index contributed by atoms with van der Waals surface area (Å²) in [6.45, 7) is 0. The smallest absolute Gasteiger partial charge is 0.341 e. The van der Waals surface area contributed by atoms with Crippen molar-refractivity contribution in [1.82, 2.24) is 4.57 Å². The van der Waals surface area contributed by atoms with Crippen molar-refractivity contribution in [1.29, 1.82) is 0 Å². The second-order valence-corrected chi connectivity index (χ2v) is 7.13. The SMILES string of the molecule is COc1ccc(/C=N/Nc2cc3c(cc2F)c(=O)c(C(=O)O)cn3-c2ccc(N)cc2)cc1. The minimum atomic E-state index is -1.40. The fraction of sp³-hybridized carbons (Fsp3) is 0.0417. The number of halogens is 1. The number of fused-ring (bicyclic) bond motifs is 1. The molecule has 0 aliphatic heterocycles. The number of nitrogens with two attached hydrogens (primary N) is 1. The second-order valence-electron chi connectivity index (χ2n) is 7.13. The Morgan fingerprint density at radius 3 is 2.48 bits per heavy atom. The highest BCUT2D eigenvalue weighted by Gasteiger charge is 2.17. The fourth-order valence-corrected chi connectivity index (χ4v) is 3.30. The molecule has 9 heteroatoms. The molecule has 4 aromatic rings. The van der Waals surface area contributed by atoms with Gasteiger partial charge in [0.05, 0.1) is 24.5 Å². The van der Waals surface area contributed by atoms with Crippen molar-refractivity contribution in [2.24, 2.45) is 5.10 Å². The quantitative estimate of drug-likeness (QED) is 0.235. The molecule has 8 nitrogen and oxygen atoms in total. The highest BCUT2D eigenvalue weighted by molar-refractivity contribution is 5.94. The number of aromatic nitrogens is 1. The molecule has 0 bridgehead atoms. The van der Waals surface area contributed by atoms with Crippen LogP contribution in [0.4, 0.5) is 15.8 Å². The normalized spacial score (nSPS) is 11.1. The van der Waals surface area contributed by atoms with E-state index in [1.165, 1.54) is 23.0 Å². The Kier molecular flexibility index (Phi) is 5.77. The van der Waals surface area contributed by atoms with Crippen LogP contribution in [0.25, 0.3) is 16.6 Å². The Morgan fingerprint density at radius 1 is 1.15 bits per heavy atom. The highest BCUT2D eigenvalue weighted by atomic mass is 19.1. The van der Waals surface area contributed by atoms with Crippen LogP contribution in [0.3, 0.4) is 0 Å². The van der Waals surface area contributed by atoms with E-state index in [2.05, 4.69) is 10.5 Å². The molecule has 1 heterocycles. The molecule has 0 fully saturated rings. The van der Waals surface area contributed by atoms with Crippen LogP contribution in [0.15, 0.2) is 76.8 Å². The predicted octanol–water partition coefficient (Wildman–Crippen LogP) is 3.86. The van der Waals surface area contributed by atoms with E-state index in [-0.39, 0.29) is 11.1 Å². The Hall–Kier alpha value is -4.66. The molecule has 0 spiro atoms. The number of hydrogen-bond donors (Lipinski definition) is 3. The second kappa shape index (κ2) is 8.83. The largest absolute Gasteiger partial charge is 0.497 e. The van der Waals surface area contributed by atoms with E-state index in [1.54, 1.807) is 55.6 Å². The first-order valence-corrected chi connectivity index (χ1v) is 9.78. The van der Waals surface area contributed by atoms with Gasteiger partial charge in [-0.05, 0) is 66.2 Å². The lowest BCUT2D eigenvalue weighted by Gasteiger charge is -2.14. The molecule has 0 atom stereocenters. The van der Waals surface area contributed by atoms with E-state index >= 15 is 0 Å². The van der Waals surface area contributed by atoms with E-state index in [0.29, 0.717) is 22.6 Å². The highest BCUT2D eigenvalue weighted by Crippen LogP contribution is 2.25. The van der Waals surface area contributed by atoms with Crippen molar-refractivity contribution < 1.29 is 19.0 Å². The van der Waals surface area contributed by atoms with Gasteiger partial charge in [-0.15, -0.1) is 0 Å². The first-order valence-electron chi connectivity index (χ1n) is 9.78. The minimum absolute atomic E-state index is 0.0129. The number of anilines is 2. The molecule has 4 rings (SSSR count). The van der Waals surface area contributed by atoms with Crippen molar-refractivity contribution in [2.45, 2.75) is 0 Å². The van der Waals surface area contributed by atoms with Crippen LogP contribution in [0.1, 0.15) is 15.9 Å². The molecular weight excluding hydrogens is 427 g/mol. The van der Waals surface area contributed by atoms with Crippen LogP contribution in [-0.2, 0) is 0 Å². The van der Waals surface area contributed by atoms with Crippen LogP contribution in [-0.4, -0.2) is 29.0 Å². The maximum atomic E-state index is 14.8. The molecule has 4 N–H and O–H groups in total. The number of hydrazone groups is 1. The summed E-state index contributed by atoms with van der Waals surface area (Å²) in [5.41, 5.74) is 9.27. The van der Waals surface area contributed by atoms with Crippen LogP contribution < -0.4 is 21.3 Å². The standard InChI is InChI=1S/C24H19FN4O4/c1-33-17-8-2-14(3-9-17)12-27-28-21-11-22-18(10-20(21)25)23(30)19(24(31)32)13-29(22)16-6-4-15(26)5-7-16/h2-13,28H,26H2,1H3,(H,31,32)/b27-12+. The van der Waals surface area contributed by atoms with Crippen LogP contribution >= 0.6 is 0 Å². The van der Waals surface area contributed by atoms with Gasteiger partial charge in [0.2, 0.25) is 5.43 Å². The van der Waals surface area contributed by atoms with Gasteiger partial charge in [0.15, 0.2) is 0 Å². The van der Waals surface area contributed by atoms with Crippen molar-refractivity contribution in [2.75, 3.05) is 18.3 Å².